The van der Waals surface area contributed by atoms with Gasteiger partial charge in [-0.05, 0) is 26.2 Å². The maximum Gasteiger partial charge on any atom is 0.223 e. The van der Waals surface area contributed by atoms with Gasteiger partial charge in [-0.2, -0.15) is 0 Å². The number of hydrogen-bond donors (Lipinski definition) is 1. The van der Waals surface area contributed by atoms with E-state index in [1.54, 1.807) is 4.90 Å². The van der Waals surface area contributed by atoms with Crippen LogP contribution in [-0.2, 0) is 4.79 Å². The molecule has 1 heterocycles. The van der Waals surface area contributed by atoms with E-state index in [-0.39, 0.29) is 5.91 Å². The Balaban J connectivity index is 1.79. The largest absolute Gasteiger partial charge is 0.390 e. The van der Waals surface area contributed by atoms with Crippen molar-refractivity contribution < 1.29 is 9.90 Å². The molecule has 1 amide bonds. The van der Waals surface area contributed by atoms with Crippen LogP contribution in [0.15, 0.2) is 0 Å². The van der Waals surface area contributed by atoms with Crippen LogP contribution in [0.1, 0.15) is 45.4 Å². The maximum absolute atomic E-state index is 11.8. The van der Waals surface area contributed by atoms with Crippen molar-refractivity contribution in [3.8, 4) is 0 Å². The van der Waals surface area contributed by atoms with Gasteiger partial charge in [0, 0.05) is 45.6 Å². The van der Waals surface area contributed by atoms with E-state index in [0.717, 1.165) is 45.4 Å². The molecule has 1 aliphatic heterocycles. The molecule has 1 aliphatic carbocycles. The molecule has 4 heteroatoms. The number of piperidine rings is 1. The molecule has 2 aliphatic rings. The molecule has 0 aromatic rings. The molecular formula is C15H28N2O2. The van der Waals surface area contributed by atoms with Crippen LogP contribution in [0.4, 0.5) is 0 Å². The minimum Gasteiger partial charge on any atom is -0.390 e. The number of fused-ring (bicyclic) bond motifs is 1. The summed E-state index contributed by atoms with van der Waals surface area (Å²) >= 11 is 0. The zero-order valence-corrected chi connectivity index (χ0v) is 12.4. The zero-order valence-electron chi connectivity index (χ0n) is 12.4. The van der Waals surface area contributed by atoms with E-state index >= 15 is 0 Å². The highest BCUT2D eigenvalue weighted by Crippen LogP contribution is 2.39. The highest BCUT2D eigenvalue weighted by Gasteiger charge is 2.42. The second kappa shape index (κ2) is 6.23. The summed E-state index contributed by atoms with van der Waals surface area (Å²) in [5.74, 6) is 0.654. The van der Waals surface area contributed by atoms with Crippen LogP contribution in [0.5, 0.6) is 0 Å². The Morgan fingerprint density at radius 2 is 2.21 bits per heavy atom. The Hall–Kier alpha value is -0.610. The minimum atomic E-state index is -0.404. The number of aliphatic hydroxyl groups is 1. The minimum absolute atomic E-state index is 0.229. The number of carbonyl (C=O) groups excluding carboxylic acids is 1. The monoisotopic (exact) mass is 268 g/mol. The predicted molar refractivity (Wildman–Crippen MR) is 75.9 cm³/mol. The molecule has 19 heavy (non-hydrogen) atoms. The molecular weight excluding hydrogens is 240 g/mol. The Morgan fingerprint density at radius 1 is 1.42 bits per heavy atom. The number of hydrogen-bond acceptors (Lipinski definition) is 3. The van der Waals surface area contributed by atoms with Crippen molar-refractivity contribution in [3.05, 3.63) is 0 Å². The summed E-state index contributed by atoms with van der Waals surface area (Å²) in [5.41, 5.74) is -0.404. The number of rotatable bonds is 4. The molecule has 2 unspecified atom stereocenters. The van der Waals surface area contributed by atoms with Crippen LogP contribution in [0.25, 0.3) is 0 Å². The van der Waals surface area contributed by atoms with Gasteiger partial charge in [0.05, 0.1) is 5.60 Å². The summed E-state index contributed by atoms with van der Waals surface area (Å²) in [6.45, 7) is 5.54. The third kappa shape index (κ3) is 3.48. The van der Waals surface area contributed by atoms with Crippen LogP contribution < -0.4 is 0 Å². The van der Waals surface area contributed by atoms with Crippen molar-refractivity contribution in [1.29, 1.82) is 0 Å². The standard InChI is InChI=1S/C15H28N2O2/c1-3-16(2)14(18)7-10-17-11-9-15(19)8-5-4-6-13(15)12-17/h13,19H,3-12H2,1-2H3. The lowest BCUT2D eigenvalue weighted by molar-refractivity contribution is -0.131. The van der Waals surface area contributed by atoms with Gasteiger partial charge in [-0.25, -0.2) is 0 Å². The third-order valence-electron chi connectivity index (χ3n) is 5.05. The second-order valence-corrected chi connectivity index (χ2v) is 6.25. The van der Waals surface area contributed by atoms with Gasteiger partial charge in [0.25, 0.3) is 0 Å². The van der Waals surface area contributed by atoms with E-state index in [2.05, 4.69) is 4.90 Å². The molecule has 1 saturated heterocycles. The molecule has 0 bridgehead atoms. The molecule has 2 rings (SSSR count). The first-order valence-electron chi connectivity index (χ1n) is 7.74. The third-order valence-corrected chi connectivity index (χ3v) is 5.05. The Kier molecular flexibility index (Phi) is 4.85. The molecule has 0 radical (unpaired) electrons. The van der Waals surface area contributed by atoms with E-state index < -0.39 is 5.60 Å². The smallest absolute Gasteiger partial charge is 0.223 e. The Morgan fingerprint density at radius 3 is 2.95 bits per heavy atom. The molecule has 2 atom stereocenters. The first-order chi connectivity index (χ1) is 9.05. The fourth-order valence-corrected chi connectivity index (χ4v) is 3.46. The van der Waals surface area contributed by atoms with Crippen molar-refractivity contribution in [2.24, 2.45) is 5.92 Å². The quantitative estimate of drug-likeness (QED) is 0.840. The predicted octanol–water partition coefficient (Wildman–Crippen LogP) is 1.48. The topological polar surface area (TPSA) is 43.8 Å². The highest BCUT2D eigenvalue weighted by atomic mass is 16.3. The highest BCUT2D eigenvalue weighted by molar-refractivity contribution is 5.75. The fraction of sp³-hybridized carbons (Fsp3) is 0.933. The lowest BCUT2D eigenvalue weighted by Crippen LogP contribution is -2.53. The molecule has 0 aromatic carbocycles. The summed E-state index contributed by atoms with van der Waals surface area (Å²) in [6.07, 6.45) is 6.04. The van der Waals surface area contributed by atoms with E-state index in [9.17, 15) is 9.90 Å². The average molecular weight is 268 g/mol. The van der Waals surface area contributed by atoms with Gasteiger partial charge in [-0.3, -0.25) is 4.79 Å². The van der Waals surface area contributed by atoms with Crippen LogP contribution in [0.2, 0.25) is 0 Å². The van der Waals surface area contributed by atoms with Crippen molar-refractivity contribution in [1.82, 2.24) is 9.80 Å². The maximum atomic E-state index is 11.8. The van der Waals surface area contributed by atoms with E-state index in [4.69, 9.17) is 0 Å². The summed E-state index contributed by atoms with van der Waals surface area (Å²) < 4.78 is 0. The molecule has 2 fully saturated rings. The SMILES string of the molecule is CCN(C)C(=O)CCN1CCC2(O)CCCCC2C1. The lowest BCUT2D eigenvalue weighted by Gasteiger charge is -2.47. The lowest BCUT2D eigenvalue weighted by atomic mass is 9.71. The molecule has 110 valence electrons. The van der Waals surface area contributed by atoms with Gasteiger partial charge < -0.3 is 14.9 Å². The van der Waals surface area contributed by atoms with Crippen LogP contribution >= 0.6 is 0 Å². The van der Waals surface area contributed by atoms with E-state index in [1.165, 1.54) is 12.8 Å². The molecule has 4 nitrogen and oxygen atoms in total. The fourth-order valence-electron chi connectivity index (χ4n) is 3.46. The normalized spacial score (nSPS) is 31.8. The Labute approximate surface area is 116 Å². The summed E-state index contributed by atoms with van der Waals surface area (Å²) in [6, 6.07) is 0. The average Bonchev–Trinajstić information content (AvgIpc) is 2.43. The van der Waals surface area contributed by atoms with Crippen LogP contribution in [0, 0.1) is 5.92 Å². The molecule has 0 aromatic heterocycles. The molecule has 1 saturated carbocycles. The number of carbonyl (C=O) groups is 1. The molecule has 1 N–H and O–H groups in total. The van der Waals surface area contributed by atoms with Gasteiger partial charge in [0.1, 0.15) is 0 Å². The van der Waals surface area contributed by atoms with Crippen molar-refractivity contribution in [2.75, 3.05) is 33.2 Å². The van der Waals surface area contributed by atoms with E-state index in [0.29, 0.717) is 12.3 Å². The van der Waals surface area contributed by atoms with Crippen LogP contribution in [0.3, 0.4) is 0 Å². The van der Waals surface area contributed by atoms with Crippen LogP contribution in [-0.4, -0.2) is 59.6 Å². The summed E-state index contributed by atoms with van der Waals surface area (Å²) in [4.78, 5) is 16.0. The second-order valence-electron chi connectivity index (χ2n) is 6.25. The van der Waals surface area contributed by atoms with Gasteiger partial charge >= 0.3 is 0 Å². The van der Waals surface area contributed by atoms with Gasteiger partial charge in [0.15, 0.2) is 0 Å². The summed E-state index contributed by atoms with van der Waals surface area (Å²) in [7, 11) is 1.86. The van der Waals surface area contributed by atoms with Gasteiger partial charge in [0.2, 0.25) is 5.91 Å². The molecule has 0 spiro atoms. The van der Waals surface area contributed by atoms with Gasteiger partial charge in [-0.1, -0.05) is 12.8 Å². The first kappa shape index (κ1) is 14.8. The van der Waals surface area contributed by atoms with Crippen molar-refractivity contribution >= 4 is 5.91 Å². The Bertz CT molecular complexity index is 321. The first-order valence-corrected chi connectivity index (χ1v) is 7.74. The van der Waals surface area contributed by atoms with Gasteiger partial charge in [-0.15, -0.1) is 0 Å². The number of nitrogens with zero attached hydrogens (tertiary/aromatic N) is 2. The summed E-state index contributed by atoms with van der Waals surface area (Å²) in [5, 5.41) is 10.6. The number of likely N-dealkylation sites (tertiary alicyclic amines) is 1. The van der Waals surface area contributed by atoms with Crippen molar-refractivity contribution in [3.63, 3.8) is 0 Å². The zero-order chi connectivity index (χ0) is 13.9. The van der Waals surface area contributed by atoms with E-state index in [1.807, 2.05) is 14.0 Å². The number of amides is 1. The van der Waals surface area contributed by atoms with Crippen molar-refractivity contribution in [2.45, 2.75) is 51.0 Å².